The zero-order valence-electron chi connectivity index (χ0n) is 15.7. The number of carboxylic acid groups (broad SMARTS) is 1. The van der Waals surface area contributed by atoms with Crippen molar-refractivity contribution in [2.45, 2.75) is 13.1 Å². The third-order valence-corrected chi connectivity index (χ3v) is 4.22. The SMILES string of the molecule is COc1cccc(-c2ccc(=O)n(CC(=O)NCc3ccc(C(=O)O)cc3)n2)c1. The van der Waals surface area contributed by atoms with E-state index in [0.717, 1.165) is 15.8 Å². The average molecular weight is 393 g/mol. The quantitative estimate of drug-likeness (QED) is 0.635. The van der Waals surface area contributed by atoms with Crippen LogP contribution in [0.15, 0.2) is 65.5 Å². The van der Waals surface area contributed by atoms with Gasteiger partial charge in [-0.05, 0) is 35.9 Å². The van der Waals surface area contributed by atoms with Gasteiger partial charge in [0.2, 0.25) is 5.91 Å². The molecule has 3 aromatic rings. The fraction of sp³-hybridized carbons (Fsp3) is 0.143. The number of aromatic nitrogens is 2. The Morgan fingerprint density at radius 1 is 1.10 bits per heavy atom. The summed E-state index contributed by atoms with van der Waals surface area (Å²) in [5.41, 5.74) is 1.83. The lowest BCUT2D eigenvalue weighted by atomic mass is 10.1. The number of ether oxygens (including phenoxy) is 1. The van der Waals surface area contributed by atoms with Gasteiger partial charge in [-0.2, -0.15) is 5.10 Å². The second kappa shape index (κ2) is 8.83. The van der Waals surface area contributed by atoms with E-state index in [4.69, 9.17) is 9.84 Å². The molecular formula is C21H19N3O5. The maximum Gasteiger partial charge on any atom is 0.335 e. The Morgan fingerprint density at radius 3 is 2.55 bits per heavy atom. The molecule has 0 saturated carbocycles. The molecule has 0 saturated heterocycles. The summed E-state index contributed by atoms with van der Waals surface area (Å²) in [6.45, 7) is -0.0209. The van der Waals surface area contributed by atoms with E-state index in [1.807, 2.05) is 12.1 Å². The smallest absolute Gasteiger partial charge is 0.335 e. The lowest BCUT2D eigenvalue weighted by molar-refractivity contribution is -0.122. The van der Waals surface area contributed by atoms with Gasteiger partial charge in [-0.25, -0.2) is 9.48 Å². The molecule has 0 atom stereocenters. The van der Waals surface area contributed by atoms with Crippen molar-refractivity contribution < 1.29 is 19.4 Å². The number of amides is 1. The fourth-order valence-electron chi connectivity index (χ4n) is 2.66. The summed E-state index contributed by atoms with van der Waals surface area (Å²) in [5, 5.41) is 15.9. The van der Waals surface area contributed by atoms with Gasteiger partial charge in [-0.15, -0.1) is 0 Å². The molecule has 1 heterocycles. The van der Waals surface area contributed by atoms with Gasteiger partial charge in [0, 0.05) is 18.2 Å². The first-order valence-electron chi connectivity index (χ1n) is 8.78. The molecule has 1 aromatic heterocycles. The van der Waals surface area contributed by atoms with Crippen molar-refractivity contribution in [1.82, 2.24) is 15.1 Å². The van der Waals surface area contributed by atoms with Crippen LogP contribution in [0, 0.1) is 0 Å². The van der Waals surface area contributed by atoms with Crippen molar-refractivity contribution in [3.05, 3.63) is 82.1 Å². The van der Waals surface area contributed by atoms with Crippen molar-refractivity contribution in [2.24, 2.45) is 0 Å². The summed E-state index contributed by atoms with van der Waals surface area (Å²) in [6, 6.07) is 16.4. The van der Waals surface area contributed by atoms with Gasteiger partial charge >= 0.3 is 5.97 Å². The van der Waals surface area contributed by atoms with Crippen LogP contribution in [0.3, 0.4) is 0 Å². The molecule has 29 heavy (non-hydrogen) atoms. The third-order valence-electron chi connectivity index (χ3n) is 4.22. The van der Waals surface area contributed by atoms with Gasteiger partial charge in [0.1, 0.15) is 12.3 Å². The Morgan fingerprint density at radius 2 is 1.86 bits per heavy atom. The monoisotopic (exact) mass is 393 g/mol. The molecule has 0 bridgehead atoms. The van der Waals surface area contributed by atoms with E-state index < -0.39 is 11.5 Å². The van der Waals surface area contributed by atoms with Crippen LogP contribution in [0.4, 0.5) is 0 Å². The average Bonchev–Trinajstić information content (AvgIpc) is 2.74. The van der Waals surface area contributed by atoms with Crippen LogP contribution in [0.1, 0.15) is 15.9 Å². The molecule has 3 rings (SSSR count). The lowest BCUT2D eigenvalue weighted by Crippen LogP contribution is -2.33. The van der Waals surface area contributed by atoms with Crippen LogP contribution in [0.25, 0.3) is 11.3 Å². The number of carbonyl (C=O) groups excluding carboxylic acids is 1. The predicted octanol–water partition coefficient (Wildman–Crippen LogP) is 1.93. The van der Waals surface area contributed by atoms with E-state index in [9.17, 15) is 14.4 Å². The Balaban J connectivity index is 1.68. The minimum Gasteiger partial charge on any atom is -0.497 e. The molecule has 0 fully saturated rings. The minimum atomic E-state index is -1.01. The van der Waals surface area contributed by atoms with Gasteiger partial charge in [-0.3, -0.25) is 9.59 Å². The fourth-order valence-corrected chi connectivity index (χ4v) is 2.66. The highest BCUT2D eigenvalue weighted by Crippen LogP contribution is 2.21. The number of rotatable bonds is 7. The summed E-state index contributed by atoms with van der Waals surface area (Å²) in [6.07, 6.45) is 0. The zero-order chi connectivity index (χ0) is 20.8. The minimum absolute atomic E-state index is 0.171. The first kappa shape index (κ1) is 19.8. The number of nitrogens with one attached hydrogen (secondary N) is 1. The van der Waals surface area contributed by atoms with Gasteiger partial charge in [0.15, 0.2) is 0 Å². The first-order chi connectivity index (χ1) is 14.0. The molecule has 2 aromatic carbocycles. The van der Waals surface area contributed by atoms with Gasteiger partial charge < -0.3 is 15.2 Å². The van der Waals surface area contributed by atoms with Crippen LogP contribution in [0.5, 0.6) is 5.75 Å². The van der Waals surface area contributed by atoms with Crippen molar-refractivity contribution >= 4 is 11.9 Å². The Bertz CT molecular complexity index is 1090. The standard InChI is InChI=1S/C21H19N3O5/c1-29-17-4-2-3-16(11-17)18-9-10-20(26)24(23-18)13-19(25)22-12-14-5-7-15(8-6-14)21(27)28/h2-11H,12-13H2,1H3,(H,22,25)(H,27,28). The van der Waals surface area contributed by atoms with E-state index in [1.165, 1.54) is 18.2 Å². The first-order valence-corrected chi connectivity index (χ1v) is 8.78. The van der Waals surface area contributed by atoms with Crippen LogP contribution in [-0.2, 0) is 17.9 Å². The summed E-state index contributed by atoms with van der Waals surface area (Å²) >= 11 is 0. The van der Waals surface area contributed by atoms with Gasteiger partial charge in [-0.1, -0.05) is 24.3 Å². The molecule has 148 valence electrons. The molecular weight excluding hydrogens is 374 g/mol. The number of aromatic carboxylic acids is 1. The van der Waals surface area contributed by atoms with Crippen LogP contribution in [0.2, 0.25) is 0 Å². The predicted molar refractivity (Wildman–Crippen MR) is 106 cm³/mol. The normalized spacial score (nSPS) is 10.4. The molecule has 0 aliphatic heterocycles. The molecule has 0 unspecified atom stereocenters. The summed E-state index contributed by atoms with van der Waals surface area (Å²) < 4.78 is 6.29. The van der Waals surface area contributed by atoms with E-state index in [-0.39, 0.29) is 24.6 Å². The summed E-state index contributed by atoms with van der Waals surface area (Å²) in [5.74, 6) is -0.736. The maximum atomic E-state index is 12.2. The molecule has 2 N–H and O–H groups in total. The van der Waals surface area contributed by atoms with Crippen molar-refractivity contribution in [1.29, 1.82) is 0 Å². The number of carbonyl (C=O) groups is 2. The Hall–Kier alpha value is -3.94. The Labute approximate surface area is 166 Å². The number of hydrogen-bond acceptors (Lipinski definition) is 5. The molecule has 1 amide bonds. The molecule has 0 aliphatic rings. The maximum absolute atomic E-state index is 12.2. The van der Waals surface area contributed by atoms with Crippen molar-refractivity contribution in [2.75, 3.05) is 7.11 Å². The zero-order valence-corrected chi connectivity index (χ0v) is 15.7. The van der Waals surface area contributed by atoms with E-state index >= 15 is 0 Å². The number of methoxy groups -OCH3 is 1. The molecule has 8 nitrogen and oxygen atoms in total. The van der Waals surface area contributed by atoms with E-state index in [2.05, 4.69) is 10.4 Å². The number of benzene rings is 2. The molecule has 0 radical (unpaired) electrons. The van der Waals surface area contributed by atoms with Crippen LogP contribution >= 0.6 is 0 Å². The molecule has 8 heteroatoms. The molecule has 0 spiro atoms. The number of carboxylic acids is 1. The highest BCUT2D eigenvalue weighted by atomic mass is 16.5. The van der Waals surface area contributed by atoms with Gasteiger partial charge in [0.25, 0.3) is 5.56 Å². The van der Waals surface area contributed by atoms with Crippen molar-refractivity contribution in [3.63, 3.8) is 0 Å². The summed E-state index contributed by atoms with van der Waals surface area (Å²) in [4.78, 5) is 35.2. The highest BCUT2D eigenvalue weighted by Gasteiger charge is 2.09. The summed E-state index contributed by atoms with van der Waals surface area (Å²) in [7, 11) is 1.56. The number of hydrogen-bond donors (Lipinski definition) is 2. The second-order valence-corrected chi connectivity index (χ2v) is 6.23. The third kappa shape index (κ3) is 5.07. The van der Waals surface area contributed by atoms with E-state index in [1.54, 1.807) is 37.4 Å². The lowest BCUT2D eigenvalue weighted by Gasteiger charge is -2.09. The van der Waals surface area contributed by atoms with E-state index in [0.29, 0.717) is 11.4 Å². The number of nitrogens with zero attached hydrogens (tertiary/aromatic N) is 2. The van der Waals surface area contributed by atoms with Crippen LogP contribution < -0.4 is 15.6 Å². The topological polar surface area (TPSA) is 111 Å². The second-order valence-electron chi connectivity index (χ2n) is 6.23. The highest BCUT2D eigenvalue weighted by molar-refractivity contribution is 5.87. The van der Waals surface area contributed by atoms with Gasteiger partial charge in [0.05, 0.1) is 18.4 Å². The van der Waals surface area contributed by atoms with Crippen molar-refractivity contribution in [3.8, 4) is 17.0 Å². The largest absolute Gasteiger partial charge is 0.497 e. The molecule has 0 aliphatic carbocycles. The Kier molecular flexibility index (Phi) is 6.03. The van der Waals surface area contributed by atoms with Crippen LogP contribution in [-0.4, -0.2) is 33.9 Å².